The number of hydrogen-bond donors (Lipinski definition) is 1. The molecule has 13 heavy (non-hydrogen) atoms. The second-order valence-corrected chi connectivity index (χ2v) is 3.01. The van der Waals surface area contributed by atoms with E-state index in [1.54, 1.807) is 7.11 Å². The Morgan fingerprint density at radius 3 is 2.77 bits per heavy atom. The van der Waals surface area contributed by atoms with E-state index in [0.717, 1.165) is 17.8 Å². The van der Waals surface area contributed by atoms with Crippen molar-refractivity contribution >= 4 is 0 Å². The molecule has 0 spiro atoms. The molecule has 0 amide bonds. The van der Waals surface area contributed by atoms with Gasteiger partial charge in [0.15, 0.2) is 0 Å². The van der Waals surface area contributed by atoms with Crippen molar-refractivity contribution in [2.75, 3.05) is 20.7 Å². The Morgan fingerprint density at radius 1 is 1.54 bits per heavy atom. The number of hydrogen-bond acceptors (Lipinski definition) is 3. The zero-order valence-electron chi connectivity index (χ0n) is 8.37. The number of ether oxygens (including phenoxy) is 1. The van der Waals surface area contributed by atoms with Crippen LogP contribution in [-0.4, -0.2) is 25.7 Å². The van der Waals surface area contributed by atoms with Crippen LogP contribution in [0.3, 0.4) is 0 Å². The van der Waals surface area contributed by atoms with Crippen LogP contribution in [0.25, 0.3) is 0 Å². The Labute approximate surface area is 79.1 Å². The lowest BCUT2D eigenvalue weighted by Gasteiger charge is -2.14. The molecule has 1 unspecified atom stereocenters. The predicted molar refractivity (Wildman–Crippen MR) is 52.7 cm³/mol. The first-order chi connectivity index (χ1) is 6.27. The summed E-state index contributed by atoms with van der Waals surface area (Å²) in [5.74, 6) is 0. The van der Waals surface area contributed by atoms with Gasteiger partial charge in [-0.25, -0.2) is 0 Å². The second kappa shape index (κ2) is 4.94. The molecule has 0 aliphatic heterocycles. The monoisotopic (exact) mass is 180 g/mol. The minimum Gasteiger partial charge on any atom is -0.375 e. The Morgan fingerprint density at radius 2 is 2.31 bits per heavy atom. The molecule has 0 saturated carbocycles. The smallest absolute Gasteiger partial charge is 0.0960 e. The Bertz CT molecular complexity index is 246. The van der Waals surface area contributed by atoms with E-state index in [0.29, 0.717) is 0 Å². The fourth-order valence-corrected chi connectivity index (χ4v) is 1.19. The minimum absolute atomic E-state index is 0.0955. The maximum Gasteiger partial charge on any atom is 0.0960 e. The van der Waals surface area contributed by atoms with Gasteiger partial charge in [0, 0.05) is 31.1 Å². The van der Waals surface area contributed by atoms with E-state index < -0.39 is 0 Å². The first-order valence-corrected chi connectivity index (χ1v) is 4.38. The van der Waals surface area contributed by atoms with Crippen molar-refractivity contribution in [3.63, 3.8) is 0 Å². The van der Waals surface area contributed by atoms with Crippen LogP contribution in [0.15, 0.2) is 18.3 Å². The molecule has 1 heterocycles. The van der Waals surface area contributed by atoms with Gasteiger partial charge in [-0.2, -0.15) is 0 Å². The number of rotatable bonds is 4. The maximum atomic E-state index is 5.31. The fraction of sp³-hybridized carbons (Fsp3) is 0.500. The Kier molecular flexibility index (Phi) is 3.86. The average molecular weight is 180 g/mol. The molecule has 3 nitrogen and oxygen atoms in total. The molecule has 0 aliphatic carbocycles. The molecule has 1 rings (SSSR count). The summed E-state index contributed by atoms with van der Waals surface area (Å²) in [6.45, 7) is 2.78. The van der Waals surface area contributed by atoms with E-state index in [1.165, 1.54) is 0 Å². The predicted octanol–water partition coefficient (Wildman–Crippen LogP) is 1.30. The molecule has 1 atom stereocenters. The molecule has 0 fully saturated rings. The summed E-state index contributed by atoms with van der Waals surface area (Å²) in [5, 5.41) is 3.08. The number of pyridine rings is 1. The molecule has 0 aliphatic rings. The number of likely N-dealkylation sites (N-methyl/N-ethyl adjacent to an activating group) is 1. The molecule has 0 radical (unpaired) electrons. The maximum absolute atomic E-state index is 5.31. The third-order valence-electron chi connectivity index (χ3n) is 1.98. The summed E-state index contributed by atoms with van der Waals surface area (Å²) in [5.41, 5.74) is 2.14. The van der Waals surface area contributed by atoms with Gasteiger partial charge < -0.3 is 10.1 Å². The van der Waals surface area contributed by atoms with Crippen molar-refractivity contribution < 1.29 is 4.74 Å². The summed E-state index contributed by atoms with van der Waals surface area (Å²) in [6.07, 6.45) is 1.96. The highest BCUT2D eigenvalue weighted by atomic mass is 16.5. The lowest BCUT2D eigenvalue weighted by atomic mass is 10.1. The highest BCUT2D eigenvalue weighted by Gasteiger charge is 2.08. The van der Waals surface area contributed by atoms with Gasteiger partial charge in [-0.1, -0.05) is 6.07 Å². The summed E-state index contributed by atoms with van der Waals surface area (Å²) < 4.78 is 5.31. The quantitative estimate of drug-likeness (QED) is 0.758. The van der Waals surface area contributed by atoms with E-state index in [9.17, 15) is 0 Å². The van der Waals surface area contributed by atoms with E-state index in [-0.39, 0.29) is 6.10 Å². The third-order valence-corrected chi connectivity index (χ3v) is 1.98. The van der Waals surface area contributed by atoms with Crippen molar-refractivity contribution in [3.05, 3.63) is 29.6 Å². The van der Waals surface area contributed by atoms with Gasteiger partial charge in [0.2, 0.25) is 0 Å². The van der Waals surface area contributed by atoms with Crippen LogP contribution in [0.2, 0.25) is 0 Å². The van der Waals surface area contributed by atoms with Crippen LogP contribution in [-0.2, 0) is 4.74 Å². The van der Waals surface area contributed by atoms with Crippen molar-refractivity contribution in [2.45, 2.75) is 13.0 Å². The molecule has 1 N–H and O–H groups in total. The molecule has 1 aromatic heterocycles. The molecular weight excluding hydrogens is 164 g/mol. The first-order valence-electron chi connectivity index (χ1n) is 4.38. The second-order valence-electron chi connectivity index (χ2n) is 3.01. The van der Waals surface area contributed by atoms with E-state index >= 15 is 0 Å². The zero-order valence-corrected chi connectivity index (χ0v) is 8.37. The topological polar surface area (TPSA) is 34.1 Å². The number of methoxy groups -OCH3 is 1. The summed E-state index contributed by atoms with van der Waals surface area (Å²) in [6, 6.07) is 4.05. The molecular formula is C10H16N2O. The van der Waals surface area contributed by atoms with Gasteiger partial charge in [-0.05, 0) is 20.0 Å². The number of aromatic nitrogens is 1. The molecule has 0 saturated heterocycles. The van der Waals surface area contributed by atoms with Crippen molar-refractivity contribution in [1.82, 2.24) is 10.3 Å². The highest BCUT2D eigenvalue weighted by molar-refractivity contribution is 5.16. The van der Waals surface area contributed by atoms with Gasteiger partial charge in [-0.3, -0.25) is 4.98 Å². The van der Waals surface area contributed by atoms with Crippen molar-refractivity contribution in [3.8, 4) is 0 Å². The number of nitrogens with one attached hydrogen (secondary N) is 1. The Hall–Kier alpha value is -0.930. The van der Waals surface area contributed by atoms with Crippen LogP contribution < -0.4 is 5.32 Å². The molecule has 3 heteroatoms. The zero-order chi connectivity index (χ0) is 9.68. The number of aryl methyl sites for hydroxylation is 1. The lowest BCUT2D eigenvalue weighted by molar-refractivity contribution is 0.104. The molecule has 0 aromatic carbocycles. The normalized spacial score (nSPS) is 12.8. The fourth-order valence-electron chi connectivity index (χ4n) is 1.19. The standard InChI is InChI=1S/C10H16N2O/c1-8-4-5-9(6-12-8)10(13-3)7-11-2/h4-6,10-11H,7H2,1-3H3. The van der Waals surface area contributed by atoms with Crippen molar-refractivity contribution in [1.29, 1.82) is 0 Å². The highest BCUT2D eigenvalue weighted by Crippen LogP contribution is 2.14. The van der Waals surface area contributed by atoms with Crippen molar-refractivity contribution in [2.24, 2.45) is 0 Å². The largest absolute Gasteiger partial charge is 0.375 e. The Balaban J connectivity index is 2.73. The first kappa shape index (κ1) is 10.2. The van der Waals surface area contributed by atoms with Gasteiger partial charge in [0.1, 0.15) is 0 Å². The van der Waals surface area contributed by atoms with E-state index in [2.05, 4.69) is 10.3 Å². The average Bonchev–Trinajstić information content (AvgIpc) is 2.16. The lowest BCUT2D eigenvalue weighted by Crippen LogP contribution is -2.18. The van der Waals surface area contributed by atoms with Crippen LogP contribution in [0.1, 0.15) is 17.4 Å². The van der Waals surface area contributed by atoms with E-state index in [1.807, 2.05) is 32.3 Å². The summed E-state index contributed by atoms with van der Waals surface area (Å²) in [7, 11) is 3.62. The molecule has 0 bridgehead atoms. The molecule has 72 valence electrons. The summed E-state index contributed by atoms with van der Waals surface area (Å²) in [4.78, 5) is 4.22. The van der Waals surface area contributed by atoms with Crippen LogP contribution in [0.4, 0.5) is 0 Å². The number of nitrogens with zero attached hydrogens (tertiary/aromatic N) is 1. The van der Waals surface area contributed by atoms with Crippen LogP contribution in [0.5, 0.6) is 0 Å². The van der Waals surface area contributed by atoms with Crippen LogP contribution in [0, 0.1) is 6.92 Å². The van der Waals surface area contributed by atoms with Gasteiger partial charge in [-0.15, -0.1) is 0 Å². The van der Waals surface area contributed by atoms with Gasteiger partial charge in [0.05, 0.1) is 6.10 Å². The van der Waals surface area contributed by atoms with E-state index in [4.69, 9.17) is 4.74 Å². The van der Waals surface area contributed by atoms with Gasteiger partial charge >= 0.3 is 0 Å². The van der Waals surface area contributed by atoms with Crippen LogP contribution >= 0.6 is 0 Å². The SMILES string of the molecule is CNCC(OC)c1ccc(C)nc1. The minimum atomic E-state index is 0.0955. The third kappa shape index (κ3) is 2.79. The summed E-state index contributed by atoms with van der Waals surface area (Å²) >= 11 is 0. The van der Waals surface area contributed by atoms with Gasteiger partial charge in [0.25, 0.3) is 0 Å². The molecule has 1 aromatic rings.